The monoisotopic (exact) mass is 244 g/mol. The maximum absolute atomic E-state index is 9.49. The molecule has 2 N–H and O–H groups in total. The summed E-state index contributed by atoms with van der Waals surface area (Å²) in [4.78, 5) is 0. The first-order valence-electron chi connectivity index (χ1n) is 4.25. The van der Waals surface area contributed by atoms with Gasteiger partial charge >= 0.3 is 0 Å². The first-order valence-corrected chi connectivity index (χ1v) is 5.04. The van der Waals surface area contributed by atoms with E-state index in [1.807, 2.05) is 12.1 Å². The number of hydrogen-bond acceptors (Lipinski definition) is 2. The van der Waals surface area contributed by atoms with Crippen LogP contribution < -0.4 is 0 Å². The third-order valence-corrected chi connectivity index (χ3v) is 2.37. The molecule has 1 atom stereocenters. The minimum atomic E-state index is -0.317. The molecule has 3 heteroatoms. The van der Waals surface area contributed by atoms with Gasteiger partial charge in [-0.2, -0.15) is 0 Å². The predicted octanol–water partition coefficient (Wildman–Crippen LogP) is 2.47. The minimum Gasteiger partial charge on any atom is -0.508 e. The molecular formula is C10H13BrO2. The van der Waals surface area contributed by atoms with Gasteiger partial charge in [-0.25, -0.2) is 0 Å². The number of aromatic hydroxyl groups is 1. The summed E-state index contributed by atoms with van der Waals surface area (Å²) in [7, 11) is 0. The van der Waals surface area contributed by atoms with E-state index in [1.165, 1.54) is 0 Å². The maximum Gasteiger partial charge on any atom is 0.119 e. The van der Waals surface area contributed by atoms with Crippen molar-refractivity contribution in [3.8, 4) is 5.75 Å². The van der Waals surface area contributed by atoms with Crippen LogP contribution in [0.3, 0.4) is 0 Å². The Morgan fingerprint density at radius 1 is 1.46 bits per heavy atom. The average molecular weight is 245 g/mol. The molecule has 13 heavy (non-hydrogen) atoms. The normalized spacial score (nSPS) is 12.8. The highest BCUT2D eigenvalue weighted by molar-refractivity contribution is 9.10. The Labute approximate surface area is 86.3 Å². The molecule has 0 aromatic heterocycles. The molecule has 2 nitrogen and oxygen atoms in total. The van der Waals surface area contributed by atoms with Gasteiger partial charge in [0.2, 0.25) is 0 Å². The molecule has 0 unspecified atom stereocenters. The van der Waals surface area contributed by atoms with Gasteiger partial charge in [-0.05, 0) is 37.5 Å². The number of aliphatic hydroxyl groups is 1. The van der Waals surface area contributed by atoms with Crippen LogP contribution in [0.1, 0.15) is 18.9 Å². The molecule has 0 amide bonds. The summed E-state index contributed by atoms with van der Waals surface area (Å²) in [6.07, 6.45) is 1.06. The highest BCUT2D eigenvalue weighted by atomic mass is 79.9. The fraction of sp³-hybridized carbons (Fsp3) is 0.400. The van der Waals surface area contributed by atoms with Gasteiger partial charge in [0.15, 0.2) is 0 Å². The second-order valence-electron chi connectivity index (χ2n) is 3.16. The van der Waals surface area contributed by atoms with E-state index in [1.54, 1.807) is 13.0 Å². The van der Waals surface area contributed by atoms with E-state index in [0.29, 0.717) is 12.8 Å². The fourth-order valence-electron chi connectivity index (χ4n) is 1.11. The number of halogens is 1. The molecule has 0 saturated carbocycles. The zero-order chi connectivity index (χ0) is 9.84. The van der Waals surface area contributed by atoms with Crippen LogP contribution in [0.4, 0.5) is 0 Å². The van der Waals surface area contributed by atoms with Crippen molar-refractivity contribution in [3.63, 3.8) is 0 Å². The molecule has 0 heterocycles. The van der Waals surface area contributed by atoms with E-state index in [2.05, 4.69) is 15.9 Å². The quantitative estimate of drug-likeness (QED) is 0.858. The third kappa shape index (κ3) is 3.36. The molecule has 0 aliphatic rings. The van der Waals surface area contributed by atoms with Crippen molar-refractivity contribution in [1.82, 2.24) is 0 Å². The van der Waals surface area contributed by atoms with Gasteiger partial charge in [-0.3, -0.25) is 0 Å². The lowest BCUT2D eigenvalue weighted by atomic mass is 10.1. The predicted molar refractivity (Wildman–Crippen MR) is 55.8 cm³/mol. The van der Waals surface area contributed by atoms with Gasteiger partial charge in [0.25, 0.3) is 0 Å². The molecule has 1 aromatic carbocycles. The largest absolute Gasteiger partial charge is 0.508 e. The van der Waals surface area contributed by atoms with Crippen LogP contribution in [0.5, 0.6) is 5.75 Å². The van der Waals surface area contributed by atoms with Gasteiger partial charge in [-0.1, -0.05) is 22.0 Å². The Morgan fingerprint density at radius 2 is 2.15 bits per heavy atom. The molecule has 0 aliphatic heterocycles. The minimum absolute atomic E-state index is 0.287. The van der Waals surface area contributed by atoms with Crippen molar-refractivity contribution >= 4 is 15.9 Å². The summed E-state index contributed by atoms with van der Waals surface area (Å²) in [5, 5.41) is 18.6. The number of aliphatic hydroxyl groups excluding tert-OH is 1. The smallest absolute Gasteiger partial charge is 0.119 e. The second kappa shape index (κ2) is 4.63. The first-order chi connectivity index (χ1) is 6.09. The van der Waals surface area contributed by atoms with E-state index >= 15 is 0 Å². The van der Waals surface area contributed by atoms with Crippen molar-refractivity contribution in [2.75, 3.05) is 0 Å². The molecule has 72 valence electrons. The van der Waals surface area contributed by atoms with Crippen molar-refractivity contribution in [2.24, 2.45) is 0 Å². The number of benzene rings is 1. The van der Waals surface area contributed by atoms with Gasteiger partial charge < -0.3 is 10.2 Å². The summed E-state index contributed by atoms with van der Waals surface area (Å²) in [5.74, 6) is 0.287. The van der Waals surface area contributed by atoms with Crippen LogP contribution in [0, 0.1) is 0 Å². The van der Waals surface area contributed by atoms with E-state index in [9.17, 15) is 5.11 Å². The maximum atomic E-state index is 9.49. The van der Waals surface area contributed by atoms with Crippen molar-refractivity contribution in [3.05, 3.63) is 28.2 Å². The topological polar surface area (TPSA) is 40.5 Å². The number of rotatable bonds is 3. The molecule has 1 rings (SSSR count). The lowest BCUT2D eigenvalue weighted by Gasteiger charge is -2.06. The molecule has 0 fully saturated rings. The molecule has 0 bridgehead atoms. The van der Waals surface area contributed by atoms with Gasteiger partial charge in [0.05, 0.1) is 6.10 Å². The molecule has 0 aliphatic carbocycles. The van der Waals surface area contributed by atoms with Crippen LogP contribution in [0.15, 0.2) is 22.7 Å². The number of phenols is 1. The Kier molecular flexibility index (Phi) is 3.75. The molecule has 0 radical (unpaired) electrons. The third-order valence-electron chi connectivity index (χ3n) is 1.88. The Balaban J connectivity index is 2.67. The van der Waals surface area contributed by atoms with Crippen LogP contribution >= 0.6 is 15.9 Å². The number of phenolic OH excluding ortho intramolecular Hbond substituents is 1. The first kappa shape index (κ1) is 10.5. The summed E-state index contributed by atoms with van der Waals surface area (Å²) >= 11 is 3.27. The van der Waals surface area contributed by atoms with E-state index in [4.69, 9.17) is 5.11 Å². The molecule has 0 spiro atoms. The zero-order valence-corrected chi connectivity index (χ0v) is 9.08. The van der Waals surface area contributed by atoms with E-state index < -0.39 is 0 Å². The summed E-state index contributed by atoms with van der Waals surface area (Å²) in [6.45, 7) is 1.75. The van der Waals surface area contributed by atoms with Gasteiger partial charge in [0, 0.05) is 4.47 Å². The standard InChI is InChI=1S/C10H13BrO2/c1-7(12)2-3-8-4-5-9(11)6-10(8)13/h4-7,12-13H,2-3H2,1H3/t7-/m1/s1. The lowest BCUT2D eigenvalue weighted by molar-refractivity contribution is 0.184. The second-order valence-corrected chi connectivity index (χ2v) is 4.08. The highest BCUT2D eigenvalue weighted by Gasteiger charge is 2.03. The van der Waals surface area contributed by atoms with Crippen LogP contribution in [-0.2, 0) is 6.42 Å². The number of hydrogen-bond donors (Lipinski definition) is 2. The van der Waals surface area contributed by atoms with Gasteiger partial charge in [0.1, 0.15) is 5.75 Å². The fourth-order valence-corrected chi connectivity index (χ4v) is 1.46. The van der Waals surface area contributed by atoms with Crippen molar-refractivity contribution in [1.29, 1.82) is 0 Å². The SMILES string of the molecule is C[C@@H](O)CCc1ccc(Br)cc1O. The molecule has 1 aromatic rings. The highest BCUT2D eigenvalue weighted by Crippen LogP contribution is 2.23. The summed E-state index contributed by atoms with van der Waals surface area (Å²) in [5.41, 5.74) is 0.879. The van der Waals surface area contributed by atoms with E-state index in [-0.39, 0.29) is 11.9 Å². The summed E-state index contributed by atoms with van der Waals surface area (Å²) < 4.78 is 0.866. The van der Waals surface area contributed by atoms with Crippen LogP contribution in [0.2, 0.25) is 0 Å². The Bertz CT molecular complexity index is 284. The van der Waals surface area contributed by atoms with Gasteiger partial charge in [-0.15, -0.1) is 0 Å². The van der Waals surface area contributed by atoms with Crippen molar-refractivity contribution in [2.45, 2.75) is 25.9 Å². The van der Waals surface area contributed by atoms with Crippen molar-refractivity contribution < 1.29 is 10.2 Å². The van der Waals surface area contributed by atoms with Crippen LogP contribution in [-0.4, -0.2) is 16.3 Å². The Hall–Kier alpha value is -0.540. The average Bonchev–Trinajstić information content (AvgIpc) is 2.02. The lowest BCUT2D eigenvalue weighted by Crippen LogP contribution is -2.01. The zero-order valence-electron chi connectivity index (χ0n) is 7.50. The number of aryl methyl sites for hydroxylation is 1. The molecular weight excluding hydrogens is 232 g/mol. The summed E-state index contributed by atoms with van der Waals surface area (Å²) in [6, 6.07) is 5.41. The van der Waals surface area contributed by atoms with E-state index in [0.717, 1.165) is 10.0 Å². The Morgan fingerprint density at radius 3 is 2.69 bits per heavy atom. The molecule has 0 saturated heterocycles. The van der Waals surface area contributed by atoms with Crippen LogP contribution in [0.25, 0.3) is 0 Å².